The van der Waals surface area contributed by atoms with E-state index in [9.17, 15) is 4.79 Å². The molecule has 2 N–H and O–H groups in total. The van der Waals surface area contributed by atoms with E-state index in [-0.39, 0.29) is 18.1 Å². The zero-order chi connectivity index (χ0) is 16.9. The molecule has 1 aromatic heterocycles. The average Bonchev–Trinajstić information content (AvgIpc) is 3.09. The zero-order valence-corrected chi connectivity index (χ0v) is 14.8. The summed E-state index contributed by atoms with van der Waals surface area (Å²) in [4.78, 5) is 15.6. The second kappa shape index (κ2) is 7.77. The lowest BCUT2D eigenvalue weighted by Crippen LogP contribution is -2.42. The molecule has 3 rings (SSSR count). The maximum absolute atomic E-state index is 12.3. The number of carbonyl (C=O) groups excluding carboxylic acids is 1. The molecule has 5 nitrogen and oxygen atoms in total. The van der Waals surface area contributed by atoms with Gasteiger partial charge < -0.3 is 15.1 Å². The molecule has 6 heteroatoms. The number of carbonyl (C=O) groups is 1. The number of nitrogens with one attached hydrogen (secondary N) is 2. The molecule has 2 amide bonds. The Morgan fingerprint density at radius 2 is 2.17 bits per heavy atom. The molecular formula is C18H23N3O2S. The van der Waals surface area contributed by atoms with E-state index in [4.69, 9.17) is 4.42 Å². The number of hydrogen-bond donors (Lipinski definition) is 2. The second-order valence-electron chi connectivity index (χ2n) is 6.08. The number of thioether (sulfide) groups is 1. The maximum Gasteiger partial charge on any atom is 0.315 e. The number of fused-ring (bicyclic) bond motifs is 1. The van der Waals surface area contributed by atoms with Gasteiger partial charge in [-0.3, -0.25) is 4.90 Å². The highest BCUT2D eigenvalue weighted by Gasteiger charge is 2.23. The van der Waals surface area contributed by atoms with Gasteiger partial charge in [-0.05, 0) is 44.3 Å². The minimum absolute atomic E-state index is 0.0138. The first kappa shape index (κ1) is 16.9. The smallest absolute Gasteiger partial charge is 0.315 e. The number of amides is 2. The van der Waals surface area contributed by atoms with Crippen LogP contribution in [0.15, 0.2) is 52.0 Å². The summed E-state index contributed by atoms with van der Waals surface area (Å²) in [5, 5.41) is 6.07. The van der Waals surface area contributed by atoms with Gasteiger partial charge in [-0.15, -0.1) is 11.8 Å². The van der Waals surface area contributed by atoms with Crippen LogP contribution in [0.4, 0.5) is 4.79 Å². The Bertz CT molecular complexity index is 673. The molecule has 2 atom stereocenters. The van der Waals surface area contributed by atoms with Crippen molar-refractivity contribution in [2.75, 3.05) is 26.4 Å². The van der Waals surface area contributed by atoms with Crippen molar-refractivity contribution in [2.45, 2.75) is 23.4 Å². The van der Waals surface area contributed by atoms with Gasteiger partial charge in [0, 0.05) is 17.2 Å². The fourth-order valence-corrected chi connectivity index (χ4v) is 4.03. The highest BCUT2D eigenvalue weighted by atomic mass is 32.2. The summed E-state index contributed by atoms with van der Waals surface area (Å²) in [6, 6.07) is 12.0. The fourth-order valence-electron chi connectivity index (χ4n) is 2.91. The largest absolute Gasteiger partial charge is 0.468 e. The molecule has 0 fully saturated rings. The number of hydrogen-bond acceptors (Lipinski definition) is 4. The van der Waals surface area contributed by atoms with Crippen LogP contribution in [0.25, 0.3) is 0 Å². The van der Waals surface area contributed by atoms with Crippen LogP contribution in [-0.2, 0) is 0 Å². The van der Waals surface area contributed by atoms with Gasteiger partial charge in [0.25, 0.3) is 0 Å². The number of benzene rings is 1. The van der Waals surface area contributed by atoms with Crippen LogP contribution in [0.3, 0.4) is 0 Å². The molecule has 0 radical (unpaired) electrons. The Morgan fingerprint density at radius 1 is 1.33 bits per heavy atom. The third-order valence-electron chi connectivity index (χ3n) is 4.21. The fraction of sp³-hybridized carbons (Fsp3) is 0.389. The number of likely N-dealkylation sites (N-methyl/N-ethyl adjacent to an activating group) is 1. The van der Waals surface area contributed by atoms with Crippen molar-refractivity contribution in [2.24, 2.45) is 0 Å². The van der Waals surface area contributed by atoms with Crippen LogP contribution in [-0.4, -0.2) is 37.3 Å². The van der Waals surface area contributed by atoms with Gasteiger partial charge in [-0.25, -0.2) is 4.79 Å². The monoisotopic (exact) mass is 345 g/mol. The van der Waals surface area contributed by atoms with Crippen molar-refractivity contribution in [3.05, 3.63) is 54.0 Å². The van der Waals surface area contributed by atoms with Gasteiger partial charge in [0.15, 0.2) is 0 Å². The Labute approximate surface area is 146 Å². The lowest BCUT2D eigenvalue weighted by molar-refractivity contribution is 0.222. The lowest BCUT2D eigenvalue weighted by Gasteiger charge is -2.27. The first-order valence-electron chi connectivity index (χ1n) is 8.11. The molecule has 0 saturated carbocycles. The van der Waals surface area contributed by atoms with E-state index in [0.29, 0.717) is 6.54 Å². The van der Waals surface area contributed by atoms with E-state index in [2.05, 4.69) is 22.8 Å². The van der Waals surface area contributed by atoms with Crippen LogP contribution in [0, 0.1) is 0 Å². The van der Waals surface area contributed by atoms with Gasteiger partial charge in [-0.2, -0.15) is 0 Å². The highest BCUT2D eigenvalue weighted by Crippen LogP contribution is 2.35. The van der Waals surface area contributed by atoms with E-state index in [1.807, 2.05) is 55.0 Å². The van der Waals surface area contributed by atoms with Crippen molar-refractivity contribution in [3.8, 4) is 0 Å². The summed E-state index contributed by atoms with van der Waals surface area (Å²) in [5.74, 6) is 1.87. The van der Waals surface area contributed by atoms with Crippen LogP contribution >= 0.6 is 11.8 Å². The summed E-state index contributed by atoms with van der Waals surface area (Å²) in [5.41, 5.74) is 1.21. The topological polar surface area (TPSA) is 57.5 Å². The van der Waals surface area contributed by atoms with Crippen molar-refractivity contribution in [1.82, 2.24) is 15.5 Å². The molecule has 1 aromatic carbocycles. The molecule has 128 valence electrons. The van der Waals surface area contributed by atoms with Crippen molar-refractivity contribution in [1.29, 1.82) is 0 Å². The summed E-state index contributed by atoms with van der Waals surface area (Å²) in [6.45, 7) is 0.495. The molecule has 2 heterocycles. The van der Waals surface area contributed by atoms with E-state index >= 15 is 0 Å². The number of furan rings is 1. The van der Waals surface area contributed by atoms with Crippen molar-refractivity contribution < 1.29 is 9.21 Å². The van der Waals surface area contributed by atoms with Crippen molar-refractivity contribution >= 4 is 17.8 Å². The van der Waals surface area contributed by atoms with Gasteiger partial charge in [0.2, 0.25) is 0 Å². The first-order valence-corrected chi connectivity index (χ1v) is 9.09. The predicted octanol–water partition coefficient (Wildman–Crippen LogP) is 3.42. The minimum Gasteiger partial charge on any atom is -0.468 e. The molecule has 0 aliphatic carbocycles. The Kier molecular flexibility index (Phi) is 5.48. The van der Waals surface area contributed by atoms with Crippen LogP contribution < -0.4 is 10.6 Å². The van der Waals surface area contributed by atoms with Crippen LogP contribution in [0.2, 0.25) is 0 Å². The molecule has 24 heavy (non-hydrogen) atoms. The molecule has 1 aliphatic heterocycles. The summed E-state index contributed by atoms with van der Waals surface area (Å²) >= 11 is 1.85. The molecule has 1 aliphatic rings. The molecule has 0 spiro atoms. The van der Waals surface area contributed by atoms with E-state index in [0.717, 1.165) is 17.9 Å². The quantitative estimate of drug-likeness (QED) is 0.872. The van der Waals surface area contributed by atoms with Gasteiger partial charge in [0.1, 0.15) is 5.76 Å². The molecule has 2 aromatic rings. The normalized spacial score (nSPS) is 18.0. The zero-order valence-electron chi connectivity index (χ0n) is 14.0. The first-order chi connectivity index (χ1) is 11.6. The Hall–Kier alpha value is -1.92. The number of urea groups is 1. The van der Waals surface area contributed by atoms with E-state index < -0.39 is 0 Å². The van der Waals surface area contributed by atoms with Gasteiger partial charge >= 0.3 is 6.03 Å². The molecule has 0 saturated heterocycles. The lowest BCUT2D eigenvalue weighted by atomic mass is 10.0. The minimum atomic E-state index is -0.139. The Morgan fingerprint density at radius 3 is 2.92 bits per heavy atom. The van der Waals surface area contributed by atoms with Crippen LogP contribution in [0.5, 0.6) is 0 Å². The molecule has 0 unspecified atom stereocenters. The predicted molar refractivity (Wildman–Crippen MR) is 96.2 cm³/mol. The third kappa shape index (κ3) is 3.94. The second-order valence-corrected chi connectivity index (χ2v) is 7.21. The molecular weight excluding hydrogens is 322 g/mol. The third-order valence-corrected chi connectivity index (χ3v) is 5.34. The summed E-state index contributed by atoms with van der Waals surface area (Å²) < 4.78 is 5.47. The summed E-state index contributed by atoms with van der Waals surface area (Å²) in [6.07, 6.45) is 2.60. The SMILES string of the molecule is CN(C)[C@H](CNC(=O)N[C@H]1CCSc2ccccc21)c1ccco1. The van der Waals surface area contributed by atoms with Gasteiger partial charge in [0.05, 0.1) is 18.3 Å². The molecule has 0 bridgehead atoms. The highest BCUT2D eigenvalue weighted by molar-refractivity contribution is 7.99. The van der Waals surface area contributed by atoms with Crippen molar-refractivity contribution in [3.63, 3.8) is 0 Å². The average molecular weight is 345 g/mol. The van der Waals surface area contributed by atoms with E-state index in [1.165, 1.54) is 10.5 Å². The summed E-state index contributed by atoms with van der Waals surface area (Å²) in [7, 11) is 3.95. The van der Waals surface area contributed by atoms with E-state index in [1.54, 1.807) is 6.26 Å². The maximum atomic E-state index is 12.3. The Balaban J connectivity index is 1.58. The number of rotatable bonds is 5. The standard InChI is InChI=1S/C18H23N3O2S/c1-21(2)15(16-7-5-10-23-16)12-19-18(22)20-14-9-11-24-17-8-4-3-6-13(14)17/h3-8,10,14-15H,9,11-12H2,1-2H3,(H2,19,20,22)/t14-,15+/m0/s1. The van der Waals surface area contributed by atoms with Gasteiger partial charge in [-0.1, -0.05) is 18.2 Å². The number of nitrogens with zero attached hydrogens (tertiary/aromatic N) is 1. The van der Waals surface area contributed by atoms with Crippen LogP contribution in [0.1, 0.15) is 29.8 Å².